The highest BCUT2D eigenvalue weighted by Gasteiger charge is 2.12. The highest BCUT2D eigenvalue weighted by molar-refractivity contribution is 5.18. The van der Waals surface area contributed by atoms with Crippen molar-refractivity contribution >= 4 is 0 Å². The number of aromatic nitrogens is 3. The summed E-state index contributed by atoms with van der Waals surface area (Å²) in [6.45, 7) is 5.81. The molecule has 0 spiro atoms. The molecule has 1 unspecified atom stereocenters. The molecule has 1 aromatic carbocycles. The van der Waals surface area contributed by atoms with Crippen LogP contribution in [0.2, 0.25) is 0 Å². The number of nitrogens with zero attached hydrogens (tertiary/aromatic N) is 3. The molecule has 20 heavy (non-hydrogen) atoms. The largest absolute Gasteiger partial charge is 0.394 e. The second-order valence-electron chi connectivity index (χ2n) is 5.28. The Balaban J connectivity index is 1.99. The van der Waals surface area contributed by atoms with E-state index in [1.54, 1.807) is 6.33 Å². The molecule has 0 amide bonds. The summed E-state index contributed by atoms with van der Waals surface area (Å²) in [5, 5.41) is 17.1. The Bertz CT molecular complexity index is 510. The number of aliphatic hydroxyl groups is 1. The van der Waals surface area contributed by atoms with Crippen molar-refractivity contribution in [3.05, 3.63) is 48.0 Å². The molecule has 0 aliphatic rings. The summed E-state index contributed by atoms with van der Waals surface area (Å²) in [5.74, 6) is 1.42. The predicted molar refractivity (Wildman–Crippen MR) is 78.0 cm³/mol. The molecular formula is C15H22N4O. The molecule has 108 valence electrons. The Morgan fingerprint density at radius 1 is 1.25 bits per heavy atom. The molecule has 5 nitrogen and oxygen atoms in total. The number of nitrogens with one attached hydrogen (secondary N) is 1. The summed E-state index contributed by atoms with van der Waals surface area (Å²) < 4.78 is 1.91. The Hall–Kier alpha value is -1.72. The lowest BCUT2D eigenvalue weighted by atomic mass is 10.1. The van der Waals surface area contributed by atoms with Gasteiger partial charge in [0.05, 0.1) is 19.2 Å². The topological polar surface area (TPSA) is 63.0 Å². The molecule has 0 aliphatic carbocycles. The first-order valence-corrected chi connectivity index (χ1v) is 6.96. The molecule has 5 heteroatoms. The van der Waals surface area contributed by atoms with Crippen molar-refractivity contribution in [2.75, 3.05) is 6.61 Å². The standard InChI is InChI=1S/C15H22N4O/c1-12(2)9-19-15(17-11-18-19)8-16-14(10-20)13-6-4-3-5-7-13/h3-7,11-12,14,16,20H,8-10H2,1-2H3. The van der Waals surface area contributed by atoms with E-state index in [0.717, 1.165) is 17.9 Å². The first-order chi connectivity index (χ1) is 9.70. The molecule has 2 aromatic rings. The third-order valence-electron chi connectivity index (χ3n) is 3.12. The fourth-order valence-corrected chi connectivity index (χ4v) is 2.11. The van der Waals surface area contributed by atoms with Crippen molar-refractivity contribution < 1.29 is 5.11 Å². The van der Waals surface area contributed by atoms with Crippen LogP contribution in [0.1, 0.15) is 31.3 Å². The SMILES string of the molecule is CC(C)Cn1ncnc1CNC(CO)c1ccccc1. The van der Waals surface area contributed by atoms with Crippen molar-refractivity contribution in [2.24, 2.45) is 5.92 Å². The highest BCUT2D eigenvalue weighted by atomic mass is 16.3. The van der Waals surface area contributed by atoms with E-state index in [4.69, 9.17) is 0 Å². The Kier molecular flexibility index (Phi) is 5.26. The van der Waals surface area contributed by atoms with Crippen LogP contribution in [0.15, 0.2) is 36.7 Å². The maximum absolute atomic E-state index is 9.52. The molecule has 0 aliphatic heterocycles. The van der Waals surface area contributed by atoms with Gasteiger partial charge in [-0.15, -0.1) is 0 Å². The average Bonchev–Trinajstić information content (AvgIpc) is 2.87. The zero-order valence-electron chi connectivity index (χ0n) is 12.0. The van der Waals surface area contributed by atoms with Gasteiger partial charge in [-0.3, -0.25) is 0 Å². The van der Waals surface area contributed by atoms with E-state index in [2.05, 4.69) is 29.2 Å². The molecule has 1 atom stereocenters. The van der Waals surface area contributed by atoms with E-state index >= 15 is 0 Å². The van der Waals surface area contributed by atoms with E-state index in [-0.39, 0.29) is 12.6 Å². The minimum absolute atomic E-state index is 0.0579. The Morgan fingerprint density at radius 3 is 2.65 bits per heavy atom. The van der Waals surface area contributed by atoms with Crippen molar-refractivity contribution in [3.63, 3.8) is 0 Å². The molecular weight excluding hydrogens is 252 g/mol. The van der Waals surface area contributed by atoms with Crippen molar-refractivity contribution in [1.82, 2.24) is 20.1 Å². The summed E-state index contributed by atoms with van der Waals surface area (Å²) in [6, 6.07) is 9.85. The van der Waals surface area contributed by atoms with Crippen LogP contribution >= 0.6 is 0 Å². The fraction of sp³-hybridized carbons (Fsp3) is 0.467. The second-order valence-corrected chi connectivity index (χ2v) is 5.28. The van der Waals surface area contributed by atoms with E-state index in [1.165, 1.54) is 0 Å². The van der Waals surface area contributed by atoms with Crippen LogP contribution in [0.5, 0.6) is 0 Å². The van der Waals surface area contributed by atoms with E-state index in [1.807, 2.05) is 35.0 Å². The monoisotopic (exact) mass is 274 g/mol. The van der Waals surface area contributed by atoms with Gasteiger partial charge < -0.3 is 10.4 Å². The maximum Gasteiger partial charge on any atom is 0.140 e. The van der Waals surface area contributed by atoms with Gasteiger partial charge >= 0.3 is 0 Å². The molecule has 1 aromatic heterocycles. The highest BCUT2D eigenvalue weighted by Crippen LogP contribution is 2.12. The minimum atomic E-state index is -0.0830. The van der Waals surface area contributed by atoms with Crippen LogP contribution in [-0.4, -0.2) is 26.5 Å². The molecule has 0 bridgehead atoms. The van der Waals surface area contributed by atoms with Crippen molar-refractivity contribution in [1.29, 1.82) is 0 Å². The first-order valence-electron chi connectivity index (χ1n) is 6.96. The van der Waals surface area contributed by atoms with Crippen LogP contribution in [0, 0.1) is 5.92 Å². The van der Waals surface area contributed by atoms with E-state index in [0.29, 0.717) is 12.5 Å². The quantitative estimate of drug-likeness (QED) is 0.807. The van der Waals surface area contributed by atoms with Gasteiger partial charge in [0.25, 0.3) is 0 Å². The zero-order chi connectivity index (χ0) is 14.4. The molecule has 2 N–H and O–H groups in total. The summed E-state index contributed by atoms with van der Waals surface area (Å²) in [7, 11) is 0. The molecule has 1 heterocycles. The molecule has 0 fully saturated rings. The Labute approximate surface area is 119 Å². The van der Waals surface area contributed by atoms with Crippen molar-refractivity contribution in [2.45, 2.75) is 33.0 Å². The van der Waals surface area contributed by atoms with Crippen molar-refractivity contribution in [3.8, 4) is 0 Å². The van der Waals surface area contributed by atoms with Crippen LogP contribution in [0.3, 0.4) is 0 Å². The van der Waals surface area contributed by atoms with Crippen LogP contribution in [-0.2, 0) is 13.1 Å². The van der Waals surface area contributed by atoms with Gasteiger partial charge in [0.1, 0.15) is 12.2 Å². The van der Waals surface area contributed by atoms with E-state index in [9.17, 15) is 5.11 Å². The summed E-state index contributed by atoms with van der Waals surface area (Å²) in [5.41, 5.74) is 1.07. The lowest BCUT2D eigenvalue weighted by Gasteiger charge is -2.17. The lowest BCUT2D eigenvalue weighted by molar-refractivity contribution is 0.242. The van der Waals surface area contributed by atoms with Gasteiger partial charge in [0.2, 0.25) is 0 Å². The number of hydrogen-bond acceptors (Lipinski definition) is 4. The van der Waals surface area contributed by atoms with Crippen LogP contribution in [0.25, 0.3) is 0 Å². The third-order valence-corrected chi connectivity index (χ3v) is 3.12. The lowest BCUT2D eigenvalue weighted by Crippen LogP contribution is -2.26. The van der Waals surface area contributed by atoms with Gasteiger partial charge in [-0.05, 0) is 11.5 Å². The normalized spacial score (nSPS) is 12.8. The van der Waals surface area contributed by atoms with E-state index < -0.39 is 0 Å². The van der Waals surface area contributed by atoms with Gasteiger partial charge in [0.15, 0.2) is 0 Å². The van der Waals surface area contributed by atoms with Gasteiger partial charge in [-0.2, -0.15) is 5.10 Å². The molecule has 0 saturated carbocycles. The third kappa shape index (κ3) is 3.88. The van der Waals surface area contributed by atoms with Gasteiger partial charge in [-0.1, -0.05) is 44.2 Å². The second kappa shape index (κ2) is 7.17. The zero-order valence-corrected chi connectivity index (χ0v) is 12.0. The van der Waals surface area contributed by atoms with Gasteiger partial charge in [0, 0.05) is 6.54 Å². The van der Waals surface area contributed by atoms with Gasteiger partial charge in [-0.25, -0.2) is 9.67 Å². The molecule has 2 rings (SSSR count). The summed E-state index contributed by atoms with van der Waals surface area (Å²) in [6.07, 6.45) is 1.58. The molecule has 0 radical (unpaired) electrons. The smallest absolute Gasteiger partial charge is 0.140 e. The van der Waals surface area contributed by atoms with Crippen LogP contribution < -0.4 is 5.32 Å². The number of hydrogen-bond donors (Lipinski definition) is 2. The Morgan fingerprint density at radius 2 is 2.00 bits per heavy atom. The van der Waals surface area contributed by atoms with Crippen LogP contribution in [0.4, 0.5) is 0 Å². The number of benzene rings is 1. The summed E-state index contributed by atoms with van der Waals surface area (Å²) >= 11 is 0. The first kappa shape index (κ1) is 14.7. The number of aliphatic hydroxyl groups excluding tert-OH is 1. The summed E-state index contributed by atoms with van der Waals surface area (Å²) in [4.78, 5) is 4.28. The average molecular weight is 274 g/mol. The maximum atomic E-state index is 9.52. The predicted octanol–water partition coefficient (Wildman–Crippen LogP) is 1.76. The fourth-order valence-electron chi connectivity index (χ4n) is 2.11. The number of rotatable bonds is 7. The molecule has 0 saturated heterocycles. The minimum Gasteiger partial charge on any atom is -0.394 e.